The Balaban J connectivity index is 1.98. The molecule has 0 bridgehead atoms. The van der Waals surface area contributed by atoms with E-state index in [0.717, 1.165) is 19.1 Å². The summed E-state index contributed by atoms with van der Waals surface area (Å²) in [5.74, 6) is 0.912. The number of ether oxygens (including phenoxy) is 1. The molecular weight excluding hydrogens is 200 g/mol. The van der Waals surface area contributed by atoms with E-state index in [0.29, 0.717) is 0 Å². The molecule has 1 heterocycles. The van der Waals surface area contributed by atoms with Crippen molar-refractivity contribution >= 4 is 0 Å². The lowest BCUT2D eigenvalue weighted by Crippen LogP contribution is -2.37. The van der Waals surface area contributed by atoms with Gasteiger partial charge in [0.25, 0.3) is 0 Å². The van der Waals surface area contributed by atoms with Gasteiger partial charge in [0, 0.05) is 13.7 Å². The third-order valence-corrected chi connectivity index (χ3v) is 3.46. The van der Waals surface area contributed by atoms with Crippen molar-refractivity contribution in [2.24, 2.45) is 5.92 Å². The molecule has 0 aromatic heterocycles. The second-order valence-corrected chi connectivity index (χ2v) is 4.79. The molecule has 0 aromatic carbocycles. The van der Waals surface area contributed by atoms with Crippen LogP contribution in [0, 0.1) is 5.92 Å². The van der Waals surface area contributed by atoms with Crippen LogP contribution < -0.4 is 5.32 Å². The highest BCUT2D eigenvalue weighted by Gasteiger charge is 2.17. The zero-order valence-corrected chi connectivity index (χ0v) is 11.0. The van der Waals surface area contributed by atoms with E-state index in [1.54, 1.807) is 7.11 Å². The maximum Gasteiger partial charge on any atom is 0.0462 e. The van der Waals surface area contributed by atoms with Gasteiger partial charge in [0.15, 0.2) is 0 Å². The predicted octanol–water partition coefficient (Wildman–Crippen LogP) is 1.73. The van der Waals surface area contributed by atoms with E-state index in [9.17, 15) is 0 Å². The number of nitrogens with one attached hydrogen (secondary N) is 1. The molecule has 1 aliphatic rings. The Bertz CT molecular complexity index is 156. The van der Waals surface area contributed by atoms with E-state index < -0.39 is 0 Å². The molecule has 3 heteroatoms. The molecule has 0 spiro atoms. The standard InChI is InChI=1S/C13H28N2O/c1-3-14-12-13-6-9-15(10-7-13)8-4-5-11-16-2/h13-14H,3-12H2,1-2H3. The lowest BCUT2D eigenvalue weighted by Gasteiger charge is -2.32. The van der Waals surface area contributed by atoms with Crippen LogP contribution in [0.2, 0.25) is 0 Å². The third-order valence-electron chi connectivity index (χ3n) is 3.46. The van der Waals surface area contributed by atoms with Gasteiger partial charge in [-0.2, -0.15) is 0 Å². The number of hydrogen-bond acceptors (Lipinski definition) is 3. The van der Waals surface area contributed by atoms with Crippen molar-refractivity contribution in [1.29, 1.82) is 0 Å². The molecule has 0 atom stereocenters. The van der Waals surface area contributed by atoms with E-state index in [-0.39, 0.29) is 0 Å². The Kier molecular flexibility index (Phi) is 7.81. The molecule has 0 saturated carbocycles. The summed E-state index contributed by atoms with van der Waals surface area (Å²) in [4.78, 5) is 2.61. The van der Waals surface area contributed by atoms with Crippen molar-refractivity contribution in [2.75, 3.05) is 46.4 Å². The van der Waals surface area contributed by atoms with Gasteiger partial charge in [0.05, 0.1) is 0 Å². The molecule has 16 heavy (non-hydrogen) atoms. The number of piperidine rings is 1. The Hall–Kier alpha value is -0.120. The normalized spacial score (nSPS) is 19.1. The third kappa shape index (κ3) is 5.83. The minimum atomic E-state index is 0.912. The van der Waals surface area contributed by atoms with Crippen LogP contribution in [0.5, 0.6) is 0 Å². The zero-order valence-electron chi connectivity index (χ0n) is 11.0. The molecule has 1 N–H and O–H groups in total. The summed E-state index contributed by atoms with van der Waals surface area (Å²) < 4.78 is 5.07. The molecule has 0 aliphatic carbocycles. The Morgan fingerprint density at radius 3 is 2.62 bits per heavy atom. The van der Waals surface area contributed by atoms with Gasteiger partial charge in [0.1, 0.15) is 0 Å². The fourth-order valence-corrected chi connectivity index (χ4v) is 2.34. The fourth-order valence-electron chi connectivity index (χ4n) is 2.34. The molecular formula is C13H28N2O. The quantitative estimate of drug-likeness (QED) is 0.640. The minimum absolute atomic E-state index is 0.912. The molecule has 0 aromatic rings. The van der Waals surface area contributed by atoms with Crippen LogP contribution in [0.25, 0.3) is 0 Å². The number of nitrogens with zero attached hydrogens (tertiary/aromatic N) is 1. The van der Waals surface area contributed by atoms with Crippen LogP contribution in [0.1, 0.15) is 32.6 Å². The summed E-state index contributed by atoms with van der Waals surface area (Å²) in [7, 11) is 1.78. The Labute approximate surface area is 101 Å². The molecule has 1 aliphatic heterocycles. The molecule has 0 radical (unpaired) electrons. The van der Waals surface area contributed by atoms with Gasteiger partial charge in [-0.15, -0.1) is 0 Å². The predicted molar refractivity (Wildman–Crippen MR) is 68.8 cm³/mol. The fraction of sp³-hybridized carbons (Fsp3) is 1.00. The average Bonchev–Trinajstić information content (AvgIpc) is 2.33. The zero-order chi connectivity index (χ0) is 11.6. The molecule has 3 nitrogen and oxygen atoms in total. The van der Waals surface area contributed by atoms with E-state index in [1.165, 1.54) is 51.9 Å². The Morgan fingerprint density at radius 1 is 1.25 bits per heavy atom. The Morgan fingerprint density at radius 2 is 2.00 bits per heavy atom. The van der Waals surface area contributed by atoms with Crippen LogP contribution in [-0.2, 0) is 4.74 Å². The monoisotopic (exact) mass is 228 g/mol. The lowest BCUT2D eigenvalue weighted by atomic mass is 9.96. The first-order valence-electron chi connectivity index (χ1n) is 6.78. The topological polar surface area (TPSA) is 24.5 Å². The van der Waals surface area contributed by atoms with Crippen LogP contribution in [0.15, 0.2) is 0 Å². The van der Waals surface area contributed by atoms with Crippen molar-refractivity contribution in [2.45, 2.75) is 32.6 Å². The van der Waals surface area contributed by atoms with Gasteiger partial charge in [0.2, 0.25) is 0 Å². The van der Waals surface area contributed by atoms with E-state index >= 15 is 0 Å². The highest BCUT2D eigenvalue weighted by molar-refractivity contribution is 4.73. The van der Waals surface area contributed by atoms with Gasteiger partial charge >= 0.3 is 0 Å². The first-order chi connectivity index (χ1) is 7.86. The lowest BCUT2D eigenvalue weighted by molar-refractivity contribution is 0.162. The molecule has 1 saturated heterocycles. The van der Waals surface area contributed by atoms with Gasteiger partial charge in [-0.3, -0.25) is 0 Å². The summed E-state index contributed by atoms with van der Waals surface area (Å²) in [6, 6.07) is 0. The molecule has 1 fully saturated rings. The molecule has 1 rings (SSSR count). The summed E-state index contributed by atoms with van der Waals surface area (Å²) in [5.41, 5.74) is 0. The summed E-state index contributed by atoms with van der Waals surface area (Å²) in [6.45, 7) is 9.27. The maximum atomic E-state index is 5.07. The second kappa shape index (κ2) is 8.97. The average molecular weight is 228 g/mol. The van der Waals surface area contributed by atoms with Gasteiger partial charge in [-0.25, -0.2) is 0 Å². The van der Waals surface area contributed by atoms with Gasteiger partial charge in [-0.05, 0) is 64.3 Å². The smallest absolute Gasteiger partial charge is 0.0462 e. The number of rotatable bonds is 8. The van der Waals surface area contributed by atoms with Crippen LogP contribution in [-0.4, -0.2) is 51.3 Å². The first kappa shape index (κ1) is 13.9. The van der Waals surface area contributed by atoms with Gasteiger partial charge < -0.3 is 15.0 Å². The van der Waals surface area contributed by atoms with Gasteiger partial charge in [-0.1, -0.05) is 6.92 Å². The second-order valence-electron chi connectivity index (χ2n) is 4.79. The number of likely N-dealkylation sites (tertiary alicyclic amines) is 1. The minimum Gasteiger partial charge on any atom is -0.385 e. The summed E-state index contributed by atoms with van der Waals surface area (Å²) in [6.07, 6.45) is 5.23. The van der Waals surface area contributed by atoms with E-state index in [4.69, 9.17) is 4.74 Å². The molecule has 0 amide bonds. The number of methoxy groups -OCH3 is 1. The molecule has 0 unspecified atom stereocenters. The SMILES string of the molecule is CCNCC1CCN(CCCCOC)CC1. The van der Waals surface area contributed by atoms with Crippen molar-refractivity contribution in [1.82, 2.24) is 10.2 Å². The number of hydrogen-bond donors (Lipinski definition) is 1. The first-order valence-corrected chi connectivity index (χ1v) is 6.78. The van der Waals surface area contributed by atoms with Crippen molar-refractivity contribution in [3.8, 4) is 0 Å². The van der Waals surface area contributed by atoms with E-state index in [1.807, 2.05) is 0 Å². The van der Waals surface area contributed by atoms with Crippen molar-refractivity contribution in [3.05, 3.63) is 0 Å². The maximum absolute atomic E-state index is 5.07. The highest BCUT2D eigenvalue weighted by Crippen LogP contribution is 2.16. The highest BCUT2D eigenvalue weighted by atomic mass is 16.5. The van der Waals surface area contributed by atoms with Crippen LogP contribution in [0.3, 0.4) is 0 Å². The molecule has 96 valence electrons. The largest absolute Gasteiger partial charge is 0.385 e. The summed E-state index contributed by atoms with van der Waals surface area (Å²) in [5, 5.41) is 3.46. The summed E-state index contributed by atoms with van der Waals surface area (Å²) >= 11 is 0. The van der Waals surface area contributed by atoms with Crippen molar-refractivity contribution < 1.29 is 4.74 Å². The van der Waals surface area contributed by atoms with Crippen LogP contribution in [0.4, 0.5) is 0 Å². The van der Waals surface area contributed by atoms with E-state index in [2.05, 4.69) is 17.1 Å². The van der Waals surface area contributed by atoms with Crippen molar-refractivity contribution in [3.63, 3.8) is 0 Å². The number of unbranched alkanes of at least 4 members (excludes halogenated alkanes) is 1. The van der Waals surface area contributed by atoms with Crippen LogP contribution >= 0.6 is 0 Å².